The minimum atomic E-state index is -3.07. The van der Waals surface area contributed by atoms with Crippen molar-refractivity contribution in [2.45, 2.75) is 25.5 Å². The molecular weight excluding hydrogens is 311 g/mol. The van der Waals surface area contributed by atoms with Crippen LogP contribution in [-0.2, 0) is 28.2 Å². The average Bonchev–Trinajstić information content (AvgIpc) is 2.38. The predicted molar refractivity (Wildman–Crippen MR) is 77.4 cm³/mol. The number of hydrogen-bond acceptors (Lipinski definition) is 8. The maximum atomic E-state index is 12.2. The first-order valence-electron chi connectivity index (χ1n) is 5.64. The Bertz CT molecular complexity index is 341. The highest BCUT2D eigenvalue weighted by atomic mass is 33.1. The second-order valence-electron chi connectivity index (χ2n) is 3.17. The van der Waals surface area contributed by atoms with E-state index in [-0.39, 0.29) is 19.6 Å². The van der Waals surface area contributed by atoms with Gasteiger partial charge in [0, 0.05) is 7.11 Å². The van der Waals surface area contributed by atoms with Gasteiger partial charge in [-0.3, -0.25) is 14.2 Å². The van der Waals surface area contributed by atoms with E-state index < -0.39 is 23.0 Å². The van der Waals surface area contributed by atoms with Crippen LogP contribution in [0.25, 0.3) is 0 Å². The molecule has 0 N–H and O–H groups in total. The Balaban J connectivity index is 4.81. The first-order valence-corrected chi connectivity index (χ1v) is 10.6. The van der Waals surface area contributed by atoms with Gasteiger partial charge in [0.25, 0.3) is 0 Å². The summed E-state index contributed by atoms with van der Waals surface area (Å²) in [6, 6.07) is 0. The molecule has 0 aliphatic heterocycles. The molecule has 112 valence electrons. The van der Waals surface area contributed by atoms with Crippen LogP contribution in [0.2, 0.25) is 0 Å². The molecule has 0 spiro atoms. The minimum absolute atomic E-state index is 0.189. The molecule has 19 heavy (non-hydrogen) atoms. The Labute approximate surface area is 121 Å². The zero-order valence-electron chi connectivity index (χ0n) is 11.4. The van der Waals surface area contributed by atoms with E-state index in [0.717, 1.165) is 22.8 Å². The molecule has 0 aromatic rings. The summed E-state index contributed by atoms with van der Waals surface area (Å²) in [7, 11) is 1.30. The third-order valence-electron chi connectivity index (χ3n) is 1.91. The summed E-state index contributed by atoms with van der Waals surface area (Å²) in [4.78, 5) is 23.2. The fourth-order valence-corrected chi connectivity index (χ4v) is 6.17. The Hall–Kier alpha value is -0.170. The van der Waals surface area contributed by atoms with Crippen molar-refractivity contribution in [3.05, 3.63) is 0 Å². The molecule has 0 bridgehead atoms. The topological polar surface area (TPSA) is 78.9 Å². The smallest absolute Gasteiger partial charge is 0.320 e. The monoisotopic (exact) mass is 330 g/mol. The first kappa shape index (κ1) is 18.8. The van der Waals surface area contributed by atoms with E-state index in [1.807, 2.05) is 0 Å². The first-order chi connectivity index (χ1) is 8.92. The summed E-state index contributed by atoms with van der Waals surface area (Å²) >= 11 is 1.83. The van der Waals surface area contributed by atoms with E-state index in [0.29, 0.717) is 0 Å². The van der Waals surface area contributed by atoms with Crippen molar-refractivity contribution in [2.24, 2.45) is 0 Å². The molecule has 6 nitrogen and oxygen atoms in total. The number of ether oxygens (including phenoxy) is 2. The summed E-state index contributed by atoms with van der Waals surface area (Å²) < 4.78 is 26.7. The molecule has 0 aliphatic rings. The fourth-order valence-electron chi connectivity index (χ4n) is 1.09. The third-order valence-corrected chi connectivity index (χ3v) is 9.57. The van der Waals surface area contributed by atoms with Crippen molar-refractivity contribution in [1.82, 2.24) is 0 Å². The highest BCUT2D eigenvalue weighted by Gasteiger charge is 2.34. The molecule has 0 heterocycles. The van der Waals surface area contributed by atoms with Crippen LogP contribution in [0, 0.1) is 0 Å². The van der Waals surface area contributed by atoms with Crippen LogP contribution in [-0.4, -0.2) is 43.8 Å². The van der Waals surface area contributed by atoms with Crippen LogP contribution in [0.15, 0.2) is 0 Å². The lowest BCUT2D eigenvalue weighted by molar-refractivity contribution is -0.149. The Morgan fingerprint density at radius 2 is 1.79 bits per heavy atom. The minimum Gasteiger partial charge on any atom is -0.466 e. The normalized spacial score (nSPS) is 15.4. The lowest BCUT2D eigenvalue weighted by Gasteiger charge is -2.18. The number of carbonyl (C=O) groups is 2. The van der Waals surface area contributed by atoms with Gasteiger partial charge in [0.2, 0.25) is 0 Å². The summed E-state index contributed by atoms with van der Waals surface area (Å²) in [5.41, 5.74) is 0. The second-order valence-corrected chi connectivity index (χ2v) is 10.9. The van der Waals surface area contributed by atoms with E-state index >= 15 is 0 Å². The maximum absolute atomic E-state index is 12.2. The van der Waals surface area contributed by atoms with Gasteiger partial charge in [-0.2, -0.15) is 0 Å². The molecule has 2 atom stereocenters. The van der Waals surface area contributed by atoms with Gasteiger partial charge >= 0.3 is 17.7 Å². The van der Waals surface area contributed by atoms with Gasteiger partial charge in [-0.1, -0.05) is 11.4 Å². The molecule has 0 aliphatic carbocycles. The van der Waals surface area contributed by atoms with Crippen molar-refractivity contribution >= 4 is 40.5 Å². The van der Waals surface area contributed by atoms with E-state index in [4.69, 9.17) is 14.0 Å². The van der Waals surface area contributed by atoms with Gasteiger partial charge in [-0.25, -0.2) is 0 Å². The Morgan fingerprint density at radius 1 is 1.21 bits per heavy atom. The van der Waals surface area contributed by atoms with Crippen molar-refractivity contribution in [2.75, 3.05) is 26.6 Å². The molecule has 1 unspecified atom stereocenters. The van der Waals surface area contributed by atoms with Crippen molar-refractivity contribution < 1.29 is 28.2 Å². The maximum Gasteiger partial charge on any atom is 0.320 e. The predicted octanol–water partition coefficient (Wildman–Crippen LogP) is 2.72. The highest BCUT2D eigenvalue weighted by molar-refractivity contribution is 8.89. The van der Waals surface area contributed by atoms with Crippen molar-refractivity contribution in [3.63, 3.8) is 0 Å². The number of carbonyl (C=O) groups excluding carboxylic acids is 2. The molecule has 0 saturated heterocycles. The molecule has 0 saturated carbocycles. The largest absolute Gasteiger partial charge is 0.466 e. The van der Waals surface area contributed by atoms with E-state index in [9.17, 15) is 14.2 Å². The molecular formula is C10H19O6PS2. The highest BCUT2D eigenvalue weighted by Crippen LogP contribution is 2.70. The van der Waals surface area contributed by atoms with Crippen LogP contribution in [0.4, 0.5) is 0 Å². The van der Waals surface area contributed by atoms with Crippen molar-refractivity contribution in [3.8, 4) is 0 Å². The standard InChI is InChI=1S/C10H19O6PS2/c1-5-15-9(11)7-8(10(12)16-6-2)19-17(13,14-3)18-4/h8H,5-7H2,1-4H3/t8-,17?/m0/s1. The van der Waals surface area contributed by atoms with Gasteiger partial charge in [0.05, 0.1) is 19.6 Å². The summed E-state index contributed by atoms with van der Waals surface area (Å²) in [5, 5.41) is -0.891. The quantitative estimate of drug-likeness (QED) is 0.472. The van der Waals surface area contributed by atoms with Crippen molar-refractivity contribution in [1.29, 1.82) is 0 Å². The number of esters is 2. The molecule has 0 aromatic carbocycles. The van der Waals surface area contributed by atoms with Crippen LogP contribution < -0.4 is 0 Å². The lowest BCUT2D eigenvalue weighted by Crippen LogP contribution is -2.24. The molecule has 0 rings (SSSR count). The zero-order chi connectivity index (χ0) is 14.9. The molecule has 0 aromatic heterocycles. The average molecular weight is 330 g/mol. The molecule has 0 amide bonds. The molecule has 9 heteroatoms. The Kier molecular flexibility index (Phi) is 9.60. The lowest BCUT2D eigenvalue weighted by atomic mass is 10.3. The molecule has 0 fully saturated rings. The van der Waals surface area contributed by atoms with Gasteiger partial charge in [-0.15, -0.1) is 0 Å². The van der Waals surface area contributed by atoms with E-state index in [2.05, 4.69) is 0 Å². The molecule has 0 radical (unpaired) electrons. The third kappa shape index (κ3) is 7.25. The van der Waals surface area contributed by atoms with Gasteiger partial charge < -0.3 is 14.0 Å². The Morgan fingerprint density at radius 3 is 2.21 bits per heavy atom. The van der Waals surface area contributed by atoms with E-state index in [1.54, 1.807) is 20.1 Å². The van der Waals surface area contributed by atoms with Crippen LogP contribution in [0.3, 0.4) is 0 Å². The van der Waals surface area contributed by atoms with Gasteiger partial charge in [0.15, 0.2) is 0 Å². The zero-order valence-corrected chi connectivity index (χ0v) is 13.9. The van der Waals surface area contributed by atoms with Crippen LogP contribution >= 0.6 is 28.5 Å². The number of hydrogen-bond donors (Lipinski definition) is 0. The van der Waals surface area contributed by atoms with Gasteiger partial charge in [0.1, 0.15) is 5.25 Å². The second kappa shape index (κ2) is 9.69. The van der Waals surface area contributed by atoms with Crippen LogP contribution in [0.5, 0.6) is 0 Å². The number of rotatable bonds is 9. The summed E-state index contributed by atoms with van der Waals surface area (Å²) in [6.07, 6.45) is 1.43. The fraction of sp³-hybridized carbons (Fsp3) is 0.800. The van der Waals surface area contributed by atoms with E-state index in [1.165, 1.54) is 7.11 Å². The SMILES string of the molecule is CCOC(=O)C[C@H](SP(=O)(OC)SC)C(=O)OCC. The van der Waals surface area contributed by atoms with Gasteiger partial charge in [-0.05, 0) is 31.5 Å². The van der Waals surface area contributed by atoms with Crippen LogP contribution in [0.1, 0.15) is 20.3 Å². The summed E-state index contributed by atoms with van der Waals surface area (Å²) in [5.74, 6) is -4.19. The summed E-state index contributed by atoms with van der Waals surface area (Å²) in [6.45, 7) is 3.75.